The zero-order valence-corrected chi connectivity index (χ0v) is 15.4. The molecule has 0 atom stereocenters. The molecule has 3 rings (SSSR count). The van der Waals surface area contributed by atoms with E-state index < -0.39 is 6.36 Å². The van der Waals surface area contributed by atoms with Crippen LogP contribution >= 0.6 is 0 Å². The number of anilines is 1. The molecule has 1 aliphatic rings. The Morgan fingerprint density at radius 1 is 1.03 bits per heavy atom. The first-order chi connectivity index (χ1) is 13.8. The van der Waals surface area contributed by atoms with E-state index in [9.17, 15) is 18.0 Å². The largest absolute Gasteiger partial charge is 0.573 e. The summed E-state index contributed by atoms with van der Waals surface area (Å²) in [6.07, 6.45) is -4.70. The van der Waals surface area contributed by atoms with Gasteiger partial charge in [0.15, 0.2) is 0 Å². The zero-order valence-electron chi connectivity index (χ0n) is 15.4. The van der Waals surface area contributed by atoms with Gasteiger partial charge >= 0.3 is 12.4 Å². The Labute approximate surface area is 166 Å². The first kappa shape index (κ1) is 20.5. The standard InChI is InChI=1S/C20H19F3N4O2/c21-20(22,23)29-18-7-3-16(4-8-18)14-26-9-11-27(12-10-26)19(28)25-17-5-1-15(13-24)2-6-17/h1-8H,9-12,14H2,(H,25,28). The van der Waals surface area contributed by atoms with Crippen LogP contribution in [-0.2, 0) is 6.54 Å². The van der Waals surface area contributed by atoms with Crippen molar-refractivity contribution in [1.82, 2.24) is 9.80 Å². The van der Waals surface area contributed by atoms with E-state index in [0.717, 1.165) is 5.56 Å². The minimum Gasteiger partial charge on any atom is -0.406 e. The van der Waals surface area contributed by atoms with Crippen LogP contribution in [0, 0.1) is 11.3 Å². The molecule has 0 saturated carbocycles. The summed E-state index contributed by atoms with van der Waals surface area (Å²) in [7, 11) is 0. The lowest BCUT2D eigenvalue weighted by Gasteiger charge is -2.34. The number of ether oxygens (including phenoxy) is 1. The van der Waals surface area contributed by atoms with E-state index in [1.54, 1.807) is 41.3 Å². The highest BCUT2D eigenvalue weighted by Crippen LogP contribution is 2.23. The number of halogens is 3. The van der Waals surface area contributed by atoms with Gasteiger partial charge in [-0.3, -0.25) is 4.90 Å². The van der Waals surface area contributed by atoms with E-state index in [-0.39, 0.29) is 11.8 Å². The van der Waals surface area contributed by atoms with Crippen molar-refractivity contribution in [3.8, 4) is 11.8 Å². The maximum atomic E-state index is 12.4. The molecule has 2 amide bonds. The maximum Gasteiger partial charge on any atom is 0.573 e. The molecule has 152 valence electrons. The second-order valence-electron chi connectivity index (χ2n) is 6.57. The zero-order chi connectivity index (χ0) is 20.9. The molecule has 29 heavy (non-hydrogen) atoms. The van der Waals surface area contributed by atoms with Crippen molar-refractivity contribution in [2.24, 2.45) is 0 Å². The van der Waals surface area contributed by atoms with Crippen LogP contribution in [0.4, 0.5) is 23.7 Å². The number of hydrogen-bond donors (Lipinski definition) is 1. The van der Waals surface area contributed by atoms with Crippen LogP contribution in [-0.4, -0.2) is 48.4 Å². The predicted octanol–water partition coefficient (Wildman–Crippen LogP) is 3.81. The van der Waals surface area contributed by atoms with Crippen molar-refractivity contribution in [2.75, 3.05) is 31.5 Å². The lowest BCUT2D eigenvalue weighted by atomic mass is 10.2. The monoisotopic (exact) mass is 404 g/mol. The molecule has 2 aromatic rings. The molecule has 1 heterocycles. The van der Waals surface area contributed by atoms with Gasteiger partial charge in [0.2, 0.25) is 0 Å². The Morgan fingerprint density at radius 3 is 2.21 bits per heavy atom. The summed E-state index contributed by atoms with van der Waals surface area (Å²) in [6, 6.07) is 14.2. The molecule has 6 nitrogen and oxygen atoms in total. The number of nitrogens with one attached hydrogen (secondary N) is 1. The van der Waals surface area contributed by atoms with Crippen molar-refractivity contribution < 1.29 is 22.7 Å². The van der Waals surface area contributed by atoms with Gasteiger partial charge in [0.25, 0.3) is 0 Å². The third-order valence-electron chi connectivity index (χ3n) is 4.49. The van der Waals surface area contributed by atoms with Crippen molar-refractivity contribution in [2.45, 2.75) is 12.9 Å². The van der Waals surface area contributed by atoms with Crippen LogP contribution in [0.15, 0.2) is 48.5 Å². The first-order valence-corrected chi connectivity index (χ1v) is 8.95. The van der Waals surface area contributed by atoms with Gasteiger partial charge in [-0.2, -0.15) is 5.26 Å². The fourth-order valence-corrected chi connectivity index (χ4v) is 2.99. The second-order valence-corrected chi connectivity index (χ2v) is 6.57. The third kappa shape index (κ3) is 6.12. The molecule has 0 unspecified atom stereocenters. The highest BCUT2D eigenvalue weighted by atomic mass is 19.4. The van der Waals surface area contributed by atoms with Gasteiger partial charge in [-0.25, -0.2) is 4.79 Å². The molecule has 9 heteroatoms. The summed E-state index contributed by atoms with van der Waals surface area (Å²) < 4.78 is 40.5. The van der Waals surface area contributed by atoms with Crippen molar-refractivity contribution >= 4 is 11.7 Å². The molecule has 1 saturated heterocycles. The number of nitriles is 1. The molecule has 0 bridgehead atoms. The van der Waals surface area contributed by atoms with Gasteiger partial charge in [0.1, 0.15) is 5.75 Å². The number of nitrogens with zero attached hydrogens (tertiary/aromatic N) is 3. The summed E-state index contributed by atoms with van der Waals surface area (Å²) in [6.45, 7) is 2.97. The highest BCUT2D eigenvalue weighted by Gasteiger charge is 2.31. The number of urea groups is 1. The number of benzene rings is 2. The Bertz CT molecular complexity index is 869. The summed E-state index contributed by atoms with van der Waals surface area (Å²) >= 11 is 0. The fraction of sp³-hybridized carbons (Fsp3) is 0.300. The smallest absolute Gasteiger partial charge is 0.406 e. The van der Waals surface area contributed by atoms with Crippen LogP contribution in [0.5, 0.6) is 5.75 Å². The number of rotatable bonds is 4. The van der Waals surface area contributed by atoms with Crippen LogP contribution in [0.2, 0.25) is 0 Å². The molecule has 0 aliphatic carbocycles. The topological polar surface area (TPSA) is 68.6 Å². The number of amides is 2. The van der Waals surface area contributed by atoms with Crippen molar-refractivity contribution in [3.63, 3.8) is 0 Å². The van der Waals surface area contributed by atoms with E-state index in [2.05, 4.69) is 15.0 Å². The number of hydrogen-bond acceptors (Lipinski definition) is 4. The Balaban J connectivity index is 1.46. The predicted molar refractivity (Wildman–Crippen MR) is 100 cm³/mol. The maximum absolute atomic E-state index is 12.4. The van der Waals surface area contributed by atoms with Gasteiger partial charge < -0.3 is 15.0 Å². The van der Waals surface area contributed by atoms with Crippen LogP contribution in [0.25, 0.3) is 0 Å². The van der Waals surface area contributed by atoms with Gasteiger partial charge in [0.05, 0.1) is 11.6 Å². The van der Waals surface area contributed by atoms with Gasteiger partial charge in [-0.1, -0.05) is 12.1 Å². The molecule has 0 aromatic heterocycles. The van der Waals surface area contributed by atoms with Crippen LogP contribution < -0.4 is 10.1 Å². The average molecular weight is 404 g/mol. The van der Waals surface area contributed by atoms with E-state index in [1.807, 2.05) is 6.07 Å². The van der Waals surface area contributed by atoms with Crippen LogP contribution in [0.3, 0.4) is 0 Å². The minimum absolute atomic E-state index is 0.206. The molecular formula is C20H19F3N4O2. The number of piperazine rings is 1. The lowest BCUT2D eigenvalue weighted by molar-refractivity contribution is -0.274. The SMILES string of the molecule is N#Cc1ccc(NC(=O)N2CCN(Cc3ccc(OC(F)(F)F)cc3)CC2)cc1. The normalized spacial score (nSPS) is 14.9. The molecule has 0 radical (unpaired) electrons. The highest BCUT2D eigenvalue weighted by molar-refractivity contribution is 5.89. The van der Waals surface area contributed by atoms with Crippen molar-refractivity contribution in [1.29, 1.82) is 5.26 Å². The number of alkyl halides is 3. The average Bonchev–Trinajstić information content (AvgIpc) is 2.69. The Hall–Kier alpha value is -3.25. The summed E-state index contributed by atoms with van der Waals surface area (Å²) in [4.78, 5) is 16.2. The first-order valence-electron chi connectivity index (χ1n) is 8.95. The summed E-state index contributed by atoms with van der Waals surface area (Å²) in [5.74, 6) is -0.245. The van der Waals surface area contributed by atoms with E-state index in [4.69, 9.17) is 5.26 Å². The molecular weight excluding hydrogens is 385 g/mol. The summed E-state index contributed by atoms with van der Waals surface area (Å²) in [5, 5.41) is 11.6. The van der Waals surface area contributed by atoms with Gasteiger partial charge in [-0.15, -0.1) is 13.2 Å². The molecule has 1 aliphatic heterocycles. The van der Waals surface area contributed by atoms with E-state index in [0.29, 0.717) is 44.0 Å². The molecule has 0 spiro atoms. The van der Waals surface area contributed by atoms with Crippen LogP contribution in [0.1, 0.15) is 11.1 Å². The second kappa shape index (κ2) is 8.84. The fourth-order valence-electron chi connectivity index (χ4n) is 2.99. The van der Waals surface area contributed by atoms with E-state index >= 15 is 0 Å². The molecule has 2 aromatic carbocycles. The van der Waals surface area contributed by atoms with E-state index in [1.165, 1.54) is 12.1 Å². The molecule has 1 fully saturated rings. The Morgan fingerprint density at radius 2 is 1.66 bits per heavy atom. The van der Waals surface area contributed by atoms with Crippen molar-refractivity contribution in [3.05, 3.63) is 59.7 Å². The lowest BCUT2D eigenvalue weighted by Crippen LogP contribution is -2.49. The number of carbonyl (C=O) groups is 1. The third-order valence-corrected chi connectivity index (χ3v) is 4.49. The summed E-state index contributed by atoms with van der Waals surface area (Å²) in [5.41, 5.74) is 2.02. The van der Waals surface area contributed by atoms with Gasteiger partial charge in [0, 0.05) is 38.4 Å². The number of carbonyl (C=O) groups excluding carboxylic acids is 1. The minimum atomic E-state index is -4.70. The van der Waals surface area contributed by atoms with Gasteiger partial charge in [-0.05, 0) is 42.0 Å². The Kier molecular flexibility index (Phi) is 6.24. The molecule has 1 N–H and O–H groups in total. The quantitative estimate of drug-likeness (QED) is 0.842.